The van der Waals surface area contributed by atoms with Gasteiger partial charge in [-0.2, -0.15) is 4.31 Å². The number of amides is 4. The molecular formula is C48H64N8O9S2. The third-order valence-corrected chi connectivity index (χ3v) is 12.7. The highest BCUT2D eigenvalue weighted by molar-refractivity contribution is 7.88. The molecule has 1 fully saturated rings. The van der Waals surface area contributed by atoms with Crippen molar-refractivity contribution in [3.05, 3.63) is 107 Å². The Bertz CT molecular complexity index is 2280. The van der Waals surface area contributed by atoms with Crippen molar-refractivity contribution < 1.29 is 41.8 Å². The number of nitrogens with zero attached hydrogens (tertiary/aromatic N) is 2. The molecule has 1 saturated heterocycles. The zero-order valence-corrected chi connectivity index (χ0v) is 40.0. The molecule has 1 aliphatic carbocycles. The number of likely N-dealkylation sites (tertiary alicyclic amines) is 1. The summed E-state index contributed by atoms with van der Waals surface area (Å²) in [6.45, 7) is 3.47. The summed E-state index contributed by atoms with van der Waals surface area (Å²) < 4.78 is 44.0. The van der Waals surface area contributed by atoms with Crippen molar-refractivity contribution >= 4 is 51.2 Å². The second kappa shape index (κ2) is 27.9. The first-order valence-electron chi connectivity index (χ1n) is 22.7. The van der Waals surface area contributed by atoms with Gasteiger partial charge in [0, 0.05) is 81.4 Å². The van der Waals surface area contributed by atoms with Crippen molar-refractivity contribution in [3.8, 4) is 11.8 Å². The van der Waals surface area contributed by atoms with E-state index >= 15 is 0 Å². The normalized spacial score (nSPS) is 15.7. The van der Waals surface area contributed by atoms with E-state index in [0.29, 0.717) is 76.8 Å². The average molecular weight is 961 g/mol. The van der Waals surface area contributed by atoms with Crippen LogP contribution in [0.15, 0.2) is 78.9 Å². The van der Waals surface area contributed by atoms with E-state index in [0.717, 1.165) is 27.8 Å². The molecule has 3 atom stereocenters. The monoisotopic (exact) mass is 960 g/mol. The molecule has 362 valence electrons. The van der Waals surface area contributed by atoms with Crippen LogP contribution in [0.5, 0.6) is 0 Å². The van der Waals surface area contributed by atoms with Crippen LogP contribution in [0, 0.1) is 11.8 Å². The maximum Gasteiger partial charge on any atom is 0.407 e. The number of carbonyl (C=O) groups is 4. The summed E-state index contributed by atoms with van der Waals surface area (Å²) in [6.07, 6.45) is 2.58. The largest absolute Gasteiger partial charge is 0.441 e. The zero-order chi connectivity index (χ0) is 47.9. The van der Waals surface area contributed by atoms with Gasteiger partial charge in [-0.25, -0.2) is 13.2 Å². The van der Waals surface area contributed by atoms with Gasteiger partial charge in [0.15, 0.2) is 5.11 Å². The van der Waals surface area contributed by atoms with Crippen LogP contribution in [-0.4, -0.2) is 151 Å². The van der Waals surface area contributed by atoms with Crippen molar-refractivity contribution in [2.75, 3.05) is 92.1 Å². The van der Waals surface area contributed by atoms with Crippen molar-refractivity contribution in [1.82, 2.24) is 41.1 Å². The Morgan fingerprint density at radius 2 is 1.48 bits per heavy atom. The summed E-state index contributed by atoms with van der Waals surface area (Å²) in [7, 11) is -1.94. The number of thiocarbonyl (C=S) groups is 1. The zero-order valence-electron chi connectivity index (χ0n) is 38.4. The third kappa shape index (κ3) is 18.2. The van der Waals surface area contributed by atoms with Gasteiger partial charge in [-0.05, 0) is 68.2 Å². The van der Waals surface area contributed by atoms with E-state index in [2.05, 4.69) is 43.7 Å². The molecular weight excluding hydrogens is 897 g/mol. The number of nitrogens with one attached hydrogen (secondary N) is 6. The molecule has 6 N–H and O–H groups in total. The minimum Gasteiger partial charge on any atom is -0.441 e. The fourth-order valence-electron chi connectivity index (χ4n) is 7.73. The number of benzene rings is 3. The highest BCUT2D eigenvalue weighted by Crippen LogP contribution is 2.28. The lowest BCUT2D eigenvalue weighted by Crippen LogP contribution is -2.53. The van der Waals surface area contributed by atoms with Crippen molar-refractivity contribution in [2.24, 2.45) is 0 Å². The lowest BCUT2D eigenvalue weighted by molar-refractivity contribution is -0.137. The van der Waals surface area contributed by atoms with Gasteiger partial charge in [0.25, 0.3) is 0 Å². The van der Waals surface area contributed by atoms with Gasteiger partial charge in [-0.1, -0.05) is 78.6 Å². The van der Waals surface area contributed by atoms with Crippen LogP contribution in [0.4, 0.5) is 4.79 Å². The highest BCUT2D eigenvalue weighted by atomic mass is 32.2. The molecule has 0 spiro atoms. The number of hydrogen-bond acceptors (Lipinski definition) is 11. The minimum atomic E-state index is -3.56. The maximum absolute atomic E-state index is 13.9. The number of ether oxygens (including phenoxy) is 3. The van der Waals surface area contributed by atoms with Crippen LogP contribution in [0.3, 0.4) is 0 Å². The molecule has 1 heterocycles. The van der Waals surface area contributed by atoms with Gasteiger partial charge in [-0.3, -0.25) is 14.4 Å². The Hall–Kier alpha value is -5.62. The number of sulfonamides is 1. The van der Waals surface area contributed by atoms with Gasteiger partial charge in [0.1, 0.15) is 12.1 Å². The van der Waals surface area contributed by atoms with Gasteiger partial charge in [0.2, 0.25) is 27.7 Å². The van der Waals surface area contributed by atoms with Crippen LogP contribution in [-0.2, 0) is 51.5 Å². The Morgan fingerprint density at radius 1 is 0.821 bits per heavy atom. The van der Waals surface area contributed by atoms with Crippen LogP contribution < -0.4 is 31.9 Å². The quantitative estimate of drug-likeness (QED) is 0.0387. The van der Waals surface area contributed by atoms with E-state index in [9.17, 15) is 27.6 Å². The molecule has 0 aromatic heterocycles. The van der Waals surface area contributed by atoms with E-state index in [1.54, 1.807) is 11.9 Å². The first-order valence-corrected chi connectivity index (χ1v) is 25.0. The second-order valence-electron chi connectivity index (χ2n) is 16.2. The molecule has 1 aliphatic heterocycles. The summed E-state index contributed by atoms with van der Waals surface area (Å²) in [5.41, 5.74) is 4.65. The van der Waals surface area contributed by atoms with Crippen LogP contribution in [0.1, 0.15) is 59.6 Å². The van der Waals surface area contributed by atoms with E-state index < -0.39 is 28.3 Å². The molecule has 1 unspecified atom stereocenters. The Labute approximate surface area is 399 Å². The van der Waals surface area contributed by atoms with Crippen LogP contribution in [0.25, 0.3) is 0 Å². The average Bonchev–Trinajstić information content (AvgIpc) is 3.78. The fourth-order valence-corrected chi connectivity index (χ4v) is 8.80. The number of carbonyl (C=O) groups excluding carboxylic acids is 4. The Morgan fingerprint density at radius 3 is 2.22 bits per heavy atom. The highest BCUT2D eigenvalue weighted by Gasteiger charge is 2.36. The van der Waals surface area contributed by atoms with Crippen LogP contribution >= 0.6 is 12.2 Å². The fraction of sp³-hybridized carbons (Fsp3) is 0.479. The topological polar surface area (TPSA) is 209 Å². The van der Waals surface area contributed by atoms with Crippen LogP contribution in [0.2, 0.25) is 0 Å². The summed E-state index contributed by atoms with van der Waals surface area (Å²) in [5.74, 6) is 5.42. The second-order valence-corrected chi connectivity index (χ2v) is 18.5. The predicted molar refractivity (Wildman–Crippen MR) is 259 cm³/mol. The molecule has 17 nitrogen and oxygen atoms in total. The van der Waals surface area contributed by atoms with Gasteiger partial charge < -0.3 is 51.0 Å². The van der Waals surface area contributed by atoms with Crippen molar-refractivity contribution in [1.29, 1.82) is 0 Å². The maximum atomic E-state index is 13.9. The SMILES string of the molecule is CNCC(=O)N[C@@H](CCC(=O)NCCOCCOCCNC(=S)NCCNC(=O)OC1Cc2ccccc2C#Cc2ccccc21)C(=O)N1CCC[C@H]1CN(CCc1ccccc1)S(C)(=O)=O. The molecule has 0 bridgehead atoms. The molecule has 67 heavy (non-hydrogen) atoms. The molecule has 4 amide bonds. The van der Waals surface area contributed by atoms with Gasteiger partial charge in [0.05, 0.1) is 39.2 Å². The molecule has 2 aliphatic rings. The number of alkyl carbamates (subject to hydrolysis) is 1. The summed E-state index contributed by atoms with van der Waals surface area (Å²) in [4.78, 5) is 53.7. The molecule has 0 saturated carbocycles. The predicted octanol–water partition coefficient (Wildman–Crippen LogP) is 2.00. The smallest absolute Gasteiger partial charge is 0.407 e. The van der Waals surface area contributed by atoms with Crippen molar-refractivity contribution in [3.63, 3.8) is 0 Å². The first kappa shape index (κ1) is 52.4. The van der Waals surface area contributed by atoms with Gasteiger partial charge in [-0.15, -0.1) is 0 Å². The molecule has 3 aromatic rings. The molecule has 0 radical (unpaired) electrons. The number of rotatable bonds is 26. The van der Waals surface area contributed by atoms with E-state index in [-0.39, 0.29) is 69.4 Å². The Balaban J connectivity index is 0.912. The minimum absolute atomic E-state index is 0.00664. The number of hydrogen-bond donors (Lipinski definition) is 6. The molecule has 3 aromatic carbocycles. The third-order valence-electron chi connectivity index (χ3n) is 11.1. The summed E-state index contributed by atoms with van der Waals surface area (Å²) >= 11 is 5.34. The molecule has 19 heteroatoms. The number of fused-ring (bicyclic) bond motifs is 2. The summed E-state index contributed by atoms with van der Waals surface area (Å²) in [6, 6.07) is 23.9. The molecule has 5 rings (SSSR count). The van der Waals surface area contributed by atoms with Crippen molar-refractivity contribution in [2.45, 2.75) is 56.7 Å². The van der Waals surface area contributed by atoms with Gasteiger partial charge >= 0.3 is 6.09 Å². The number of likely N-dealkylation sites (N-methyl/N-ethyl adjacent to an activating group) is 1. The lowest BCUT2D eigenvalue weighted by atomic mass is 9.92. The van der Waals surface area contributed by atoms with E-state index in [1.807, 2.05) is 78.9 Å². The summed E-state index contributed by atoms with van der Waals surface area (Å²) in [5, 5.41) is 17.6. The van der Waals surface area contributed by atoms with E-state index in [4.69, 9.17) is 26.4 Å². The Kier molecular flexibility index (Phi) is 21.8. The lowest BCUT2D eigenvalue weighted by Gasteiger charge is -2.32. The standard InChI is InChI=1S/C48H64N8O9S2/c1-49-34-45(58)54-42(46(59)56-27-10-16-40(56)35-55(67(2,61)62)28-22-36-11-4-3-5-12-36)20-21-44(57)50-25-29-63-31-32-64-30-26-52-47(66)51-23-24-53-48(60)65-43-33-39-15-7-6-13-37(39)18-19-38-14-8-9-17-41(38)43/h3-9,11-15,17,40,42-43,49H,10,16,20-35H2,1-2H3,(H,50,57)(H,53,60)(H,54,58)(H2,51,52,66)/t40-,42-,43?/m0/s1. The first-order chi connectivity index (χ1) is 32.4. The van der Waals surface area contributed by atoms with E-state index in [1.165, 1.54) is 10.6 Å².